The van der Waals surface area contributed by atoms with Gasteiger partial charge in [0.2, 0.25) is 0 Å². The van der Waals surface area contributed by atoms with Crippen LogP contribution in [0.3, 0.4) is 0 Å². The third-order valence-electron chi connectivity index (χ3n) is 2.02. The number of aryl methyl sites for hydroxylation is 1. The molecule has 0 radical (unpaired) electrons. The van der Waals surface area contributed by atoms with Crippen LogP contribution in [0.5, 0.6) is 0 Å². The maximum Gasteiger partial charge on any atom is 0.176 e. The lowest BCUT2D eigenvalue weighted by atomic mass is 10.3. The van der Waals surface area contributed by atoms with E-state index in [1.54, 1.807) is 6.20 Å². The zero-order valence-corrected chi connectivity index (χ0v) is 10.5. The maximum atomic E-state index is 5.65. The molecule has 0 aliphatic heterocycles. The quantitative estimate of drug-likeness (QED) is 0.902. The van der Waals surface area contributed by atoms with E-state index in [-0.39, 0.29) is 0 Å². The number of hydrogen-bond acceptors (Lipinski definition) is 6. The first-order valence-electron chi connectivity index (χ1n) is 4.98. The van der Waals surface area contributed by atoms with E-state index < -0.39 is 0 Å². The van der Waals surface area contributed by atoms with Crippen LogP contribution in [-0.4, -0.2) is 14.3 Å². The number of pyridine rings is 1. The van der Waals surface area contributed by atoms with Gasteiger partial charge in [-0.1, -0.05) is 13.0 Å². The Morgan fingerprint density at radius 3 is 3.06 bits per heavy atom. The van der Waals surface area contributed by atoms with Crippen LogP contribution in [0.25, 0.3) is 0 Å². The van der Waals surface area contributed by atoms with Crippen LogP contribution in [0.15, 0.2) is 27.7 Å². The molecule has 0 spiro atoms. The van der Waals surface area contributed by atoms with Gasteiger partial charge in [0.25, 0.3) is 0 Å². The van der Waals surface area contributed by atoms with Gasteiger partial charge in [-0.25, -0.2) is 9.97 Å². The van der Waals surface area contributed by atoms with Crippen molar-refractivity contribution in [2.24, 2.45) is 5.73 Å². The summed E-state index contributed by atoms with van der Waals surface area (Å²) in [7, 11) is 0. The molecule has 0 aliphatic rings. The summed E-state index contributed by atoms with van der Waals surface area (Å²) >= 11 is 2.94. The van der Waals surface area contributed by atoms with Gasteiger partial charge < -0.3 is 5.73 Å². The van der Waals surface area contributed by atoms with Crippen molar-refractivity contribution in [1.82, 2.24) is 14.3 Å². The Morgan fingerprint density at radius 2 is 2.38 bits per heavy atom. The summed E-state index contributed by atoms with van der Waals surface area (Å²) in [6.07, 6.45) is 2.63. The zero-order valence-electron chi connectivity index (χ0n) is 8.88. The molecule has 0 fully saturated rings. The Kier molecular flexibility index (Phi) is 3.87. The average molecular weight is 252 g/mol. The van der Waals surface area contributed by atoms with Crippen LogP contribution in [0, 0.1) is 0 Å². The molecular weight excluding hydrogens is 240 g/mol. The predicted molar refractivity (Wildman–Crippen MR) is 65.5 cm³/mol. The molecule has 16 heavy (non-hydrogen) atoms. The summed E-state index contributed by atoms with van der Waals surface area (Å²) < 4.78 is 5.16. The van der Waals surface area contributed by atoms with Crippen molar-refractivity contribution < 1.29 is 0 Å². The largest absolute Gasteiger partial charge is 0.326 e. The minimum atomic E-state index is 0.496. The topological polar surface area (TPSA) is 64.7 Å². The predicted octanol–water partition coefficient (Wildman–Crippen LogP) is 2.11. The molecule has 0 saturated carbocycles. The highest BCUT2D eigenvalue weighted by molar-refractivity contribution is 8.00. The van der Waals surface area contributed by atoms with Crippen LogP contribution in [0.4, 0.5) is 0 Å². The fourth-order valence-corrected chi connectivity index (χ4v) is 2.89. The second-order valence-corrected chi connectivity index (χ2v) is 5.09. The molecule has 4 nitrogen and oxygen atoms in total. The van der Waals surface area contributed by atoms with Crippen molar-refractivity contribution in [3.63, 3.8) is 0 Å². The smallest absolute Gasteiger partial charge is 0.176 e. The van der Waals surface area contributed by atoms with Gasteiger partial charge in [0.1, 0.15) is 10.9 Å². The number of hydrogen-bond donors (Lipinski definition) is 1. The van der Waals surface area contributed by atoms with Gasteiger partial charge in [0.15, 0.2) is 4.34 Å². The van der Waals surface area contributed by atoms with E-state index in [9.17, 15) is 0 Å². The third-order valence-corrected chi connectivity index (χ3v) is 3.87. The Bertz CT molecular complexity index is 469. The lowest BCUT2D eigenvalue weighted by Gasteiger charge is -2.02. The van der Waals surface area contributed by atoms with Crippen molar-refractivity contribution in [2.75, 3.05) is 0 Å². The first kappa shape index (κ1) is 11.5. The molecule has 0 unspecified atom stereocenters. The standard InChI is InChI=1S/C10H12N4S2/c1-2-8-13-10(16-14-8)15-9-7(6-11)4-3-5-12-9/h3-5H,2,6,11H2,1H3. The molecule has 84 valence electrons. The average Bonchev–Trinajstić information content (AvgIpc) is 2.77. The second kappa shape index (κ2) is 5.38. The van der Waals surface area contributed by atoms with Crippen molar-refractivity contribution in [3.05, 3.63) is 29.7 Å². The molecule has 0 saturated heterocycles. The molecule has 0 aromatic carbocycles. The monoisotopic (exact) mass is 252 g/mol. The SMILES string of the molecule is CCc1nsc(Sc2ncccc2CN)n1. The number of nitrogens with two attached hydrogens (primary N) is 1. The molecule has 2 N–H and O–H groups in total. The van der Waals surface area contributed by atoms with Crippen LogP contribution in [-0.2, 0) is 13.0 Å². The molecule has 0 atom stereocenters. The Balaban J connectivity index is 2.19. The minimum absolute atomic E-state index is 0.496. The molecule has 2 aromatic rings. The lowest BCUT2D eigenvalue weighted by Crippen LogP contribution is -1.99. The summed E-state index contributed by atoms with van der Waals surface area (Å²) in [5.74, 6) is 0.887. The minimum Gasteiger partial charge on any atom is -0.326 e. The molecular formula is C10H12N4S2. The first-order chi connectivity index (χ1) is 7.83. The second-order valence-electron chi connectivity index (χ2n) is 3.10. The molecule has 2 aromatic heterocycles. The summed E-state index contributed by atoms with van der Waals surface area (Å²) in [4.78, 5) is 8.69. The fourth-order valence-electron chi connectivity index (χ4n) is 1.18. The highest BCUT2D eigenvalue weighted by Gasteiger charge is 2.08. The summed E-state index contributed by atoms with van der Waals surface area (Å²) in [5, 5.41) is 0.920. The normalized spacial score (nSPS) is 10.6. The van der Waals surface area contributed by atoms with Crippen molar-refractivity contribution >= 4 is 23.3 Å². The Labute approximate surface area is 102 Å². The molecule has 2 rings (SSSR count). The van der Waals surface area contributed by atoms with Gasteiger partial charge in [0.05, 0.1) is 0 Å². The number of nitrogens with zero attached hydrogens (tertiary/aromatic N) is 3. The maximum absolute atomic E-state index is 5.65. The van der Waals surface area contributed by atoms with Crippen molar-refractivity contribution in [2.45, 2.75) is 29.3 Å². The number of aromatic nitrogens is 3. The highest BCUT2D eigenvalue weighted by Crippen LogP contribution is 2.29. The fraction of sp³-hybridized carbons (Fsp3) is 0.300. The van der Waals surface area contributed by atoms with Gasteiger partial charge in [-0.2, -0.15) is 4.37 Å². The van der Waals surface area contributed by atoms with Gasteiger partial charge >= 0.3 is 0 Å². The molecule has 0 aliphatic carbocycles. The van der Waals surface area contributed by atoms with Crippen LogP contribution in [0.2, 0.25) is 0 Å². The Hall–Kier alpha value is -0.980. The van der Waals surface area contributed by atoms with E-state index in [1.165, 1.54) is 23.3 Å². The van der Waals surface area contributed by atoms with Crippen molar-refractivity contribution in [1.29, 1.82) is 0 Å². The van der Waals surface area contributed by atoms with Gasteiger partial charge in [-0.05, 0) is 34.9 Å². The van der Waals surface area contributed by atoms with Crippen LogP contribution >= 0.6 is 23.3 Å². The van der Waals surface area contributed by atoms with Gasteiger partial charge in [0, 0.05) is 19.2 Å². The summed E-state index contributed by atoms with van der Waals surface area (Å²) in [6, 6.07) is 3.88. The zero-order chi connectivity index (χ0) is 11.4. The van der Waals surface area contributed by atoms with Gasteiger partial charge in [-0.3, -0.25) is 0 Å². The van der Waals surface area contributed by atoms with E-state index in [0.29, 0.717) is 6.54 Å². The first-order valence-corrected chi connectivity index (χ1v) is 6.57. The van der Waals surface area contributed by atoms with E-state index in [0.717, 1.165) is 27.2 Å². The molecule has 0 bridgehead atoms. The van der Waals surface area contributed by atoms with Crippen molar-refractivity contribution in [3.8, 4) is 0 Å². The van der Waals surface area contributed by atoms with E-state index in [4.69, 9.17) is 5.73 Å². The van der Waals surface area contributed by atoms with E-state index >= 15 is 0 Å². The lowest BCUT2D eigenvalue weighted by molar-refractivity contribution is 0.952. The third kappa shape index (κ3) is 2.58. The van der Waals surface area contributed by atoms with E-state index in [2.05, 4.69) is 14.3 Å². The summed E-state index contributed by atoms with van der Waals surface area (Å²) in [6.45, 7) is 2.54. The molecule has 2 heterocycles. The highest BCUT2D eigenvalue weighted by atomic mass is 32.2. The van der Waals surface area contributed by atoms with Gasteiger partial charge in [-0.15, -0.1) is 0 Å². The number of rotatable bonds is 4. The Morgan fingerprint density at radius 1 is 1.50 bits per heavy atom. The van der Waals surface area contributed by atoms with E-state index in [1.807, 2.05) is 19.1 Å². The van der Waals surface area contributed by atoms with Crippen LogP contribution in [0.1, 0.15) is 18.3 Å². The van der Waals surface area contributed by atoms with Crippen LogP contribution < -0.4 is 5.73 Å². The molecule has 0 amide bonds. The molecule has 6 heteroatoms. The summed E-state index contributed by atoms with van der Waals surface area (Å²) in [5.41, 5.74) is 6.69.